The van der Waals surface area contributed by atoms with Gasteiger partial charge in [0.05, 0.1) is 16.7 Å². The Morgan fingerprint density at radius 3 is 2.45 bits per heavy atom. The number of amides is 2. The first-order chi connectivity index (χ1) is 18.2. The Hall–Kier alpha value is -4.67. The van der Waals surface area contributed by atoms with E-state index in [0.29, 0.717) is 37.3 Å². The number of likely N-dealkylation sites (tertiary alicyclic amines) is 1. The number of aromatic nitrogens is 2. The molecule has 0 aliphatic carbocycles. The fraction of sp³-hybridized carbons (Fsp3) is 0.222. The van der Waals surface area contributed by atoms with E-state index in [4.69, 9.17) is 0 Å². The molecule has 0 saturated carbocycles. The third kappa shape index (κ3) is 4.70. The second-order valence-electron chi connectivity index (χ2n) is 9.19. The minimum absolute atomic E-state index is 0.0221. The zero-order chi connectivity index (χ0) is 27.0. The molecule has 0 bridgehead atoms. The van der Waals surface area contributed by atoms with Crippen LogP contribution in [-0.4, -0.2) is 44.1 Å². The van der Waals surface area contributed by atoms with Crippen LogP contribution in [0, 0.1) is 28.7 Å². The lowest BCUT2D eigenvalue weighted by atomic mass is 9.89. The fourth-order valence-electron chi connectivity index (χ4n) is 4.86. The van der Waals surface area contributed by atoms with Gasteiger partial charge in [0.15, 0.2) is 0 Å². The summed E-state index contributed by atoms with van der Waals surface area (Å²) in [6.45, 7) is 2.15. The van der Waals surface area contributed by atoms with Crippen LogP contribution in [0.2, 0.25) is 0 Å². The van der Waals surface area contributed by atoms with E-state index in [1.54, 1.807) is 12.1 Å². The first kappa shape index (κ1) is 25.0. The summed E-state index contributed by atoms with van der Waals surface area (Å²) in [7, 11) is 0. The molecule has 11 heteroatoms. The van der Waals surface area contributed by atoms with E-state index in [0.717, 1.165) is 17.7 Å². The monoisotopic (exact) mass is 519 g/mol. The topological polar surface area (TPSA) is 110 Å². The van der Waals surface area contributed by atoms with Crippen LogP contribution in [0.25, 0.3) is 5.65 Å². The molecule has 1 saturated heterocycles. The Kier molecular flexibility index (Phi) is 6.58. The Bertz CT molecular complexity index is 1560. The van der Waals surface area contributed by atoms with Crippen LogP contribution in [0.3, 0.4) is 0 Å². The van der Waals surface area contributed by atoms with E-state index in [1.165, 1.54) is 40.8 Å². The van der Waals surface area contributed by atoms with Gasteiger partial charge in [-0.3, -0.25) is 24.1 Å². The molecule has 0 spiro atoms. The van der Waals surface area contributed by atoms with Crippen molar-refractivity contribution in [1.82, 2.24) is 14.3 Å². The van der Waals surface area contributed by atoms with Crippen LogP contribution in [-0.2, 0) is 0 Å². The zero-order valence-electron chi connectivity index (χ0n) is 20.4. The molecule has 194 valence electrons. The summed E-state index contributed by atoms with van der Waals surface area (Å²) in [6, 6.07) is 12.1. The molecule has 2 aromatic carbocycles. The number of rotatable bonds is 5. The minimum atomic E-state index is -0.771. The number of imidazole rings is 1. The molecule has 0 unspecified atom stereocenters. The van der Waals surface area contributed by atoms with E-state index >= 15 is 0 Å². The lowest BCUT2D eigenvalue weighted by Gasteiger charge is -2.32. The molecule has 9 nitrogen and oxygen atoms in total. The second kappa shape index (κ2) is 10.0. The molecule has 0 radical (unpaired) electrons. The Morgan fingerprint density at radius 1 is 1.05 bits per heavy atom. The van der Waals surface area contributed by atoms with Crippen molar-refractivity contribution in [2.45, 2.75) is 25.7 Å². The number of nitro groups is 1. The van der Waals surface area contributed by atoms with Gasteiger partial charge in [0.1, 0.15) is 23.0 Å². The van der Waals surface area contributed by atoms with E-state index in [9.17, 15) is 28.5 Å². The zero-order valence-corrected chi connectivity index (χ0v) is 20.4. The average molecular weight is 520 g/mol. The van der Waals surface area contributed by atoms with Crippen molar-refractivity contribution in [2.24, 2.45) is 0 Å². The fourth-order valence-corrected chi connectivity index (χ4v) is 4.86. The Labute approximate surface area is 215 Å². The number of hydrogen-bond acceptors (Lipinski definition) is 5. The maximum Gasteiger partial charge on any atom is 0.274 e. The average Bonchev–Trinajstić information content (AvgIpc) is 3.32. The summed E-state index contributed by atoms with van der Waals surface area (Å²) in [5.74, 6) is -2.07. The normalized spacial score (nSPS) is 14.0. The van der Waals surface area contributed by atoms with Crippen molar-refractivity contribution < 1.29 is 23.3 Å². The van der Waals surface area contributed by atoms with Crippen molar-refractivity contribution in [3.05, 3.63) is 105 Å². The van der Waals surface area contributed by atoms with Gasteiger partial charge in [0.2, 0.25) is 0 Å². The number of nitrogens with zero attached hydrogens (tertiary/aromatic N) is 4. The third-order valence-electron chi connectivity index (χ3n) is 6.92. The van der Waals surface area contributed by atoms with Crippen LogP contribution >= 0.6 is 0 Å². The van der Waals surface area contributed by atoms with E-state index < -0.39 is 28.4 Å². The van der Waals surface area contributed by atoms with Gasteiger partial charge in [-0.1, -0.05) is 12.1 Å². The number of carbonyl (C=O) groups excluding carboxylic acids is 2. The van der Waals surface area contributed by atoms with Crippen LogP contribution in [0.15, 0.2) is 60.9 Å². The molecule has 0 atom stereocenters. The summed E-state index contributed by atoms with van der Waals surface area (Å²) >= 11 is 0. The van der Waals surface area contributed by atoms with Crippen molar-refractivity contribution >= 4 is 28.8 Å². The number of hydrogen-bond donors (Lipinski definition) is 1. The van der Waals surface area contributed by atoms with Crippen molar-refractivity contribution in [3.63, 3.8) is 0 Å². The largest absolute Gasteiger partial charge is 0.339 e. The predicted octanol–water partition coefficient (Wildman–Crippen LogP) is 5.10. The van der Waals surface area contributed by atoms with Crippen molar-refractivity contribution in [1.29, 1.82) is 0 Å². The number of benzene rings is 2. The highest BCUT2D eigenvalue weighted by atomic mass is 19.1. The number of piperidine rings is 1. The highest BCUT2D eigenvalue weighted by molar-refractivity contribution is 6.03. The highest BCUT2D eigenvalue weighted by Gasteiger charge is 2.29. The maximum absolute atomic E-state index is 14.4. The molecular weight excluding hydrogens is 496 g/mol. The summed E-state index contributed by atoms with van der Waals surface area (Å²) < 4.78 is 29.4. The number of nitrogens with one attached hydrogen (secondary N) is 1. The second-order valence-corrected chi connectivity index (χ2v) is 9.19. The van der Waals surface area contributed by atoms with Gasteiger partial charge in [0, 0.05) is 36.6 Å². The van der Waals surface area contributed by atoms with Gasteiger partial charge < -0.3 is 10.2 Å². The Morgan fingerprint density at radius 2 is 1.76 bits per heavy atom. The first-order valence-corrected chi connectivity index (χ1v) is 12.0. The standard InChI is InChI=1S/C27H23F2N5O4/c1-16-22(34(37)38)8-7-21(29)25(16)27(36)32-12-10-18(11-13-32)17-2-5-20(6-3-17)31-26(35)23-14-30-24-9-4-19(28)15-33(23)24/h2-9,14-15,18H,10-13H2,1H3,(H,31,35). The third-order valence-corrected chi connectivity index (χ3v) is 6.92. The van der Waals surface area contributed by atoms with Gasteiger partial charge in [-0.15, -0.1) is 0 Å². The summed E-state index contributed by atoms with van der Waals surface area (Å²) in [5, 5.41) is 14.0. The summed E-state index contributed by atoms with van der Waals surface area (Å²) in [4.78, 5) is 41.9. The van der Waals surface area contributed by atoms with E-state index in [2.05, 4.69) is 10.3 Å². The van der Waals surface area contributed by atoms with Crippen LogP contribution in [0.5, 0.6) is 0 Å². The minimum Gasteiger partial charge on any atom is -0.339 e. The van der Waals surface area contributed by atoms with Crippen molar-refractivity contribution in [2.75, 3.05) is 18.4 Å². The van der Waals surface area contributed by atoms with Crippen LogP contribution in [0.4, 0.5) is 20.2 Å². The molecule has 38 heavy (non-hydrogen) atoms. The molecule has 1 N–H and O–H groups in total. The van der Waals surface area contributed by atoms with Gasteiger partial charge in [-0.05, 0) is 61.6 Å². The maximum atomic E-state index is 14.4. The number of carbonyl (C=O) groups is 2. The molecule has 2 amide bonds. The summed E-state index contributed by atoms with van der Waals surface area (Å²) in [5.41, 5.74) is 1.74. The lowest BCUT2D eigenvalue weighted by Crippen LogP contribution is -2.38. The molecule has 3 heterocycles. The van der Waals surface area contributed by atoms with E-state index in [1.807, 2.05) is 12.1 Å². The molecule has 1 fully saturated rings. The van der Waals surface area contributed by atoms with E-state index in [-0.39, 0.29) is 28.4 Å². The number of nitro benzene ring substituents is 1. The molecule has 1 aliphatic rings. The van der Waals surface area contributed by atoms with Crippen molar-refractivity contribution in [3.8, 4) is 0 Å². The summed E-state index contributed by atoms with van der Waals surface area (Å²) in [6.07, 6.45) is 3.86. The molecule has 2 aromatic heterocycles. The van der Waals surface area contributed by atoms with Crippen LogP contribution < -0.4 is 5.32 Å². The number of halogens is 2. The van der Waals surface area contributed by atoms with Crippen LogP contribution in [0.1, 0.15) is 50.7 Å². The molecular formula is C27H23F2N5O4. The molecule has 5 rings (SSSR count). The lowest BCUT2D eigenvalue weighted by molar-refractivity contribution is -0.385. The smallest absolute Gasteiger partial charge is 0.274 e. The van der Waals surface area contributed by atoms with Gasteiger partial charge in [0.25, 0.3) is 17.5 Å². The quantitative estimate of drug-likeness (QED) is 0.291. The number of fused-ring (bicyclic) bond motifs is 1. The SMILES string of the molecule is Cc1c([N+](=O)[O-])ccc(F)c1C(=O)N1CCC(c2ccc(NC(=O)c3cnc4ccc(F)cn34)cc2)CC1. The number of pyridine rings is 1. The predicted molar refractivity (Wildman–Crippen MR) is 135 cm³/mol. The van der Waals surface area contributed by atoms with Gasteiger partial charge in [-0.25, -0.2) is 13.8 Å². The first-order valence-electron chi connectivity index (χ1n) is 12.0. The Balaban J connectivity index is 1.22. The van der Waals surface area contributed by atoms with Gasteiger partial charge in [-0.2, -0.15) is 0 Å². The molecule has 4 aromatic rings. The molecule has 1 aliphatic heterocycles. The number of anilines is 1. The highest BCUT2D eigenvalue weighted by Crippen LogP contribution is 2.31. The van der Waals surface area contributed by atoms with Gasteiger partial charge >= 0.3 is 0 Å².